The highest BCUT2D eigenvalue weighted by Gasteiger charge is 2.16. The predicted molar refractivity (Wildman–Crippen MR) is 44.0 cm³/mol. The first-order valence-corrected chi connectivity index (χ1v) is 3.75. The van der Waals surface area contributed by atoms with E-state index >= 15 is 0 Å². The Hall–Kier alpha value is -1.32. The van der Waals surface area contributed by atoms with Gasteiger partial charge in [-0.25, -0.2) is 4.98 Å². The molecule has 1 heterocycles. The zero-order valence-electron chi connectivity index (χ0n) is 7.40. The van der Waals surface area contributed by atoms with Gasteiger partial charge in [-0.05, 0) is 13.8 Å². The Morgan fingerprint density at radius 3 is 2.67 bits per heavy atom. The maximum absolute atomic E-state index is 10.6. The van der Waals surface area contributed by atoms with Crippen molar-refractivity contribution < 1.29 is 9.90 Å². The van der Waals surface area contributed by atoms with Crippen LogP contribution in [0.25, 0.3) is 0 Å². The standard InChI is InChI=1S/C8H12N2O2/c1-5(8(11)12)7-4-10(3)6(2)9-7/h4-5H,1-3H3,(H,11,12). The summed E-state index contributed by atoms with van der Waals surface area (Å²) in [6, 6.07) is 0. The number of imidazole rings is 1. The van der Waals surface area contributed by atoms with Crippen molar-refractivity contribution in [3.63, 3.8) is 0 Å². The molecule has 4 heteroatoms. The molecule has 0 spiro atoms. The van der Waals surface area contributed by atoms with Gasteiger partial charge in [0.25, 0.3) is 0 Å². The number of carboxylic acid groups (broad SMARTS) is 1. The fourth-order valence-electron chi connectivity index (χ4n) is 0.922. The van der Waals surface area contributed by atoms with Crippen LogP contribution < -0.4 is 0 Å². The molecule has 0 aliphatic heterocycles. The summed E-state index contributed by atoms with van der Waals surface area (Å²) in [6.45, 7) is 3.47. The van der Waals surface area contributed by atoms with E-state index in [0.717, 1.165) is 5.82 Å². The number of aromatic nitrogens is 2. The Labute approximate surface area is 70.9 Å². The van der Waals surface area contributed by atoms with Crippen LogP contribution in [-0.4, -0.2) is 20.6 Å². The van der Waals surface area contributed by atoms with Gasteiger partial charge in [0, 0.05) is 13.2 Å². The lowest BCUT2D eigenvalue weighted by atomic mass is 10.1. The Kier molecular flexibility index (Phi) is 2.17. The van der Waals surface area contributed by atoms with Crippen LogP contribution in [-0.2, 0) is 11.8 Å². The number of hydrogen-bond acceptors (Lipinski definition) is 2. The minimum atomic E-state index is -0.840. The molecule has 0 saturated heterocycles. The fraction of sp³-hybridized carbons (Fsp3) is 0.500. The van der Waals surface area contributed by atoms with E-state index in [4.69, 9.17) is 5.11 Å². The molecule has 0 fully saturated rings. The van der Waals surface area contributed by atoms with Crippen LogP contribution in [0, 0.1) is 6.92 Å². The van der Waals surface area contributed by atoms with Crippen molar-refractivity contribution in [1.29, 1.82) is 0 Å². The summed E-state index contributed by atoms with van der Waals surface area (Å²) < 4.78 is 1.81. The normalized spacial score (nSPS) is 12.9. The molecule has 0 radical (unpaired) electrons. The molecule has 1 N–H and O–H groups in total. The molecule has 66 valence electrons. The minimum Gasteiger partial charge on any atom is -0.481 e. The molecule has 1 aromatic heterocycles. The maximum atomic E-state index is 10.6. The van der Waals surface area contributed by atoms with Gasteiger partial charge in [0.15, 0.2) is 0 Å². The fourth-order valence-corrected chi connectivity index (χ4v) is 0.922. The third-order valence-corrected chi connectivity index (χ3v) is 1.94. The van der Waals surface area contributed by atoms with Crippen molar-refractivity contribution in [2.45, 2.75) is 19.8 Å². The van der Waals surface area contributed by atoms with Gasteiger partial charge in [0.1, 0.15) is 5.82 Å². The largest absolute Gasteiger partial charge is 0.481 e. The zero-order valence-corrected chi connectivity index (χ0v) is 7.40. The first-order chi connectivity index (χ1) is 5.52. The van der Waals surface area contributed by atoms with Crippen molar-refractivity contribution in [1.82, 2.24) is 9.55 Å². The van der Waals surface area contributed by atoms with Gasteiger partial charge in [-0.2, -0.15) is 0 Å². The van der Waals surface area contributed by atoms with Crippen molar-refractivity contribution in [3.8, 4) is 0 Å². The lowest BCUT2D eigenvalue weighted by Crippen LogP contribution is -2.07. The van der Waals surface area contributed by atoms with E-state index in [9.17, 15) is 4.79 Å². The summed E-state index contributed by atoms with van der Waals surface area (Å²) in [5.74, 6) is -0.531. The highest BCUT2D eigenvalue weighted by Crippen LogP contribution is 2.13. The molecule has 0 saturated carbocycles. The van der Waals surface area contributed by atoms with Crippen LogP contribution in [0.4, 0.5) is 0 Å². The molecule has 0 aliphatic carbocycles. The van der Waals surface area contributed by atoms with Crippen molar-refractivity contribution >= 4 is 5.97 Å². The van der Waals surface area contributed by atoms with Crippen LogP contribution in [0.5, 0.6) is 0 Å². The van der Waals surface area contributed by atoms with Gasteiger partial charge in [0.05, 0.1) is 11.6 Å². The van der Waals surface area contributed by atoms with E-state index in [2.05, 4.69) is 4.98 Å². The molecule has 0 aromatic carbocycles. The molecule has 4 nitrogen and oxygen atoms in total. The van der Waals surface area contributed by atoms with Crippen LogP contribution in [0.2, 0.25) is 0 Å². The quantitative estimate of drug-likeness (QED) is 0.714. The van der Waals surface area contributed by atoms with Gasteiger partial charge < -0.3 is 9.67 Å². The summed E-state index contributed by atoms with van der Waals surface area (Å²) in [5.41, 5.74) is 0.613. The summed E-state index contributed by atoms with van der Waals surface area (Å²) in [5, 5.41) is 8.69. The number of aliphatic carboxylic acids is 1. The van der Waals surface area contributed by atoms with Gasteiger partial charge in [0.2, 0.25) is 0 Å². The summed E-state index contributed by atoms with van der Waals surface area (Å²) in [4.78, 5) is 14.7. The van der Waals surface area contributed by atoms with E-state index in [1.54, 1.807) is 13.1 Å². The Morgan fingerprint density at radius 2 is 2.33 bits per heavy atom. The first-order valence-electron chi connectivity index (χ1n) is 3.75. The Bertz CT molecular complexity index is 285. The smallest absolute Gasteiger partial charge is 0.312 e. The van der Waals surface area contributed by atoms with Crippen LogP contribution in [0.3, 0.4) is 0 Å². The molecule has 1 aromatic rings. The number of hydrogen-bond donors (Lipinski definition) is 1. The highest BCUT2D eigenvalue weighted by molar-refractivity contribution is 5.74. The lowest BCUT2D eigenvalue weighted by Gasteiger charge is -1.99. The maximum Gasteiger partial charge on any atom is 0.312 e. The van der Waals surface area contributed by atoms with Crippen LogP contribution in [0.1, 0.15) is 24.4 Å². The minimum absolute atomic E-state index is 0.523. The second-order valence-corrected chi connectivity index (χ2v) is 2.88. The van der Waals surface area contributed by atoms with Crippen molar-refractivity contribution in [3.05, 3.63) is 17.7 Å². The second kappa shape index (κ2) is 2.97. The predicted octanol–water partition coefficient (Wildman–Crippen LogP) is 0.917. The van der Waals surface area contributed by atoms with E-state index in [0.29, 0.717) is 5.69 Å². The average Bonchev–Trinajstić information content (AvgIpc) is 2.30. The van der Waals surface area contributed by atoms with E-state index < -0.39 is 11.9 Å². The molecule has 0 amide bonds. The monoisotopic (exact) mass is 168 g/mol. The van der Waals surface area contributed by atoms with E-state index in [1.807, 2.05) is 18.5 Å². The lowest BCUT2D eigenvalue weighted by molar-refractivity contribution is -0.138. The average molecular weight is 168 g/mol. The van der Waals surface area contributed by atoms with E-state index in [-0.39, 0.29) is 0 Å². The van der Waals surface area contributed by atoms with Gasteiger partial charge in [-0.15, -0.1) is 0 Å². The molecule has 1 atom stereocenters. The number of aryl methyl sites for hydroxylation is 2. The molecule has 12 heavy (non-hydrogen) atoms. The van der Waals surface area contributed by atoms with Gasteiger partial charge in [-0.1, -0.05) is 0 Å². The van der Waals surface area contributed by atoms with Gasteiger partial charge >= 0.3 is 5.97 Å². The number of carbonyl (C=O) groups is 1. The Morgan fingerprint density at radius 1 is 1.75 bits per heavy atom. The van der Waals surface area contributed by atoms with Crippen LogP contribution in [0.15, 0.2) is 6.20 Å². The summed E-state index contributed by atoms with van der Waals surface area (Å²) >= 11 is 0. The molecule has 0 aliphatic rings. The summed E-state index contributed by atoms with van der Waals surface area (Å²) in [6.07, 6.45) is 1.74. The number of carboxylic acids is 1. The van der Waals surface area contributed by atoms with E-state index in [1.165, 1.54) is 0 Å². The van der Waals surface area contributed by atoms with Crippen molar-refractivity contribution in [2.75, 3.05) is 0 Å². The molecule has 1 unspecified atom stereocenters. The van der Waals surface area contributed by atoms with Crippen LogP contribution >= 0.6 is 0 Å². The molecule has 0 bridgehead atoms. The number of rotatable bonds is 2. The number of nitrogens with zero attached hydrogens (tertiary/aromatic N) is 2. The third kappa shape index (κ3) is 1.47. The highest BCUT2D eigenvalue weighted by atomic mass is 16.4. The zero-order chi connectivity index (χ0) is 9.30. The summed E-state index contributed by atoms with van der Waals surface area (Å²) in [7, 11) is 1.85. The van der Waals surface area contributed by atoms with Crippen molar-refractivity contribution in [2.24, 2.45) is 7.05 Å². The Balaban J connectivity index is 2.96. The first kappa shape index (κ1) is 8.77. The topological polar surface area (TPSA) is 55.1 Å². The SMILES string of the molecule is Cc1nc(C(C)C(=O)O)cn1C. The third-order valence-electron chi connectivity index (χ3n) is 1.94. The second-order valence-electron chi connectivity index (χ2n) is 2.88. The van der Waals surface area contributed by atoms with Gasteiger partial charge in [-0.3, -0.25) is 4.79 Å². The molecular weight excluding hydrogens is 156 g/mol. The molecular formula is C8H12N2O2. The molecule has 1 rings (SSSR count).